The fourth-order valence-electron chi connectivity index (χ4n) is 1.15. The zero-order valence-corrected chi connectivity index (χ0v) is 9.30. The molecule has 0 spiro atoms. The van der Waals surface area contributed by atoms with E-state index in [1.165, 1.54) is 14.2 Å². The Morgan fingerprint density at radius 2 is 2.24 bits per heavy atom. The molecule has 1 aromatic heterocycles. The van der Waals surface area contributed by atoms with Crippen molar-refractivity contribution >= 4 is 17.6 Å². The molecule has 8 heteroatoms. The van der Waals surface area contributed by atoms with Gasteiger partial charge in [-0.3, -0.25) is 19.7 Å². The maximum Gasteiger partial charge on any atom is 0.325 e. The number of hydrogen-bond acceptors (Lipinski definition) is 5. The molecule has 0 aliphatic rings. The molecule has 0 unspecified atom stereocenters. The summed E-state index contributed by atoms with van der Waals surface area (Å²) in [6.07, 6.45) is 1.11. The lowest BCUT2D eigenvalue weighted by atomic mass is 10.3. The Morgan fingerprint density at radius 3 is 2.71 bits per heavy atom. The monoisotopic (exact) mass is 241 g/mol. The molecule has 1 heterocycles. The van der Waals surface area contributed by atoms with Crippen molar-refractivity contribution in [2.75, 3.05) is 20.7 Å². The number of nitro groups is 1. The van der Waals surface area contributed by atoms with Crippen LogP contribution < -0.4 is 0 Å². The van der Waals surface area contributed by atoms with Gasteiger partial charge in [0, 0.05) is 13.1 Å². The van der Waals surface area contributed by atoms with Crippen molar-refractivity contribution in [3.8, 4) is 0 Å². The number of aromatic nitrogens is 1. The van der Waals surface area contributed by atoms with E-state index in [0.717, 1.165) is 17.2 Å². The Hall–Kier alpha value is -2.38. The number of amides is 1. The molecule has 0 radical (unpaired) electrons. The molecule has 92 valence electrons. The molecule has 0 saturated heterocycles. The van der Waals surface area contributed by atoms with E-state index in [2.05, 4.69) is 9.72 Å². The molecular formula is C9H11N3O5. The van der Waals surface area contributed by atoms with Gasteiger partial charge in [-0.15, -0.1) is 0 Å². The Bertz CT molecular complexity index is 453. The van der Waals surface area contributed by atoms with E-state index < -0.39 is 16.8 Å². The zero-order chi connectivity index (χ0) is 13.0. The quantitative estimate of drug-likeness (QED) is 0.459. The van der Waals surface area contributed by atoms with Crippen molar-refractivity contribution in [2.24, 2.45) is 0 Å². The number of hydrogen-bond donors (Lipinski definition) is 1. The van der Waals surface area contributed by atoms with Crippen molar-refractivity contribution in [2.45, 2.75) is 0 Å². The molecule has 8 nitrogen and oxygen atoms in total. The Labute approximate surface area is 96.3 Å². The number of methoxy groups -OCH3 is 1. The third-order valence-corrected chi connectivity index (χ3v) is 2.05. The zero-order valence-electron chi connectivity index (χ0n) is 9.30. The van der Waals surface area contributed by atoms with E-state index in [-0.39, 0.29) is 17.9 Å². The standard InChI is InChI=1S/C9H11N3O5/c1-11(5-8(13)17-2)9(14)7-3-6(4-10-7)12(15)16/h3-4,10H,5H2,1-2H3. The van der Waals surface area contributed by atoms with Gasteiger partial charge in [-0.25, -0.2) is 0 Å². The van der Waals surface area contributed by atoms with Crippen LogP contribution in [0.15, 0.2) is 12.3 Å². The van der Waals surface area contributed by atoms with Crippen LogP contribution in [0.4, 0.5) is 5.69 Å². The van der Waals surface area contributed by atoms with Crippen LogP contribution in [0.3, 0.4) is 0 Å². The van der Waals surface area contributed by atoms with Gasteiger partial charge < -0.3 is 14.6 Å². The molecule has 0 aliphatic carbocycles. The lowest BCUT2D eigenvalue weighted by Gasteiger charge is -2.13. The summed E-state index contributed by atoms with van der Waals surface area (Å²) in [7, 11) is 2.60. The van der Waals surface area contributed by atoms with Gasteiger partial charge in [-0.2, -0.15) is 0 Å². The molecule has 0 aromatic carbocycles. The third kappa shape index (κ3) is 3.03. The van der Waals surface area contributed by atoms with Gasteiger partial charge in [0.2, 0.25) is 0 Å². The minimum atomic E-state index is -0.617. The van der Waals surface area contributed by atoms with Crippen LogP contribution >= 0.6 is 0 Å². The van der Waals surface area contributed by atoms with Crippen molar-refractivity contribution < 1.29 is 19.2 Å². The van der Waals surface area contributed by atoms with Gasteiger partial charge in [0.15, 0.2) is 0 Å². The summed E-state index contributed by atoms with van der Waals surface area (Å²) >= 11 is 0. The van der Waals surface area contributed by atoms with E-state index in [0.29, 0.717) is 0 Å². The highest BCUT2D eigenvalue weighted by Gasteiger charge is 2.19. The summed E-state index contributed by atoms with van der Waals surface area (Å²) in [5.41, 5.74) is -0.164. The van der Waals surface area contributed by atoms with Crippen LogP contribution in [0, 0.1) is 10.1 Å². The van der Waals surface area contributed by atoms with E-state index in [1.807, 2.05) is 0 Å². The predicted molar refractivity (Wildman–Crippen MR) is 56.4 cm³/mol. The van der Waals surface area contributed by atoms with E-state index in [4.69, 9.17) is 0 Å². The average Bonchev–Trinajstić information content (AvgIpc) is 2.77. The number of aromatic amines is 1. The molecule has 0 bridgehead atoms. The number of H-pyrrole nitrogens is 1. The lowest BCUT2D eigenvalue weighted by Crippen LogP contribution is -2.32. The number of nitrogens with zero attached hydrogens (tertiary/aromatic N) is 2. The first-order chi connectivity index (χ1) is 7.95. The van der Waals surface area contributed by atoms with Gasteiger partial charge in [0.05, 0.1) is 18.2 Å². The van der Waals surface area contributed by atoms with Gasteiger partial charge in [0.25, 0.3) is 11.6 Å². The Morgan fingerprint density at radius 1 is 1.59 bits per heavy atom. The second-order valence-electron chi connectivity index (χ2n) is 3.27. The lowest BCUT2D eigenvalue weighted by molar-refractivity contribution is -0.384. The van der Waals surface area contributed by atoms with E-state index in [1.54, 1.807) is 0 Å². The van der Waals surface area contributed by atoms with Gasteiger partial charge in [-0.1, -0.05) is 0 Å². The molecule has 0 saturated carbocycles. The van der Waals surface area contributed by atoms with Crippen molar-refractivity contribution in [1.82, 2.24) is 9.88 Å². The molecule has 1 aromatic rings. The van der Waals surface area contributed by atoms with Gasteiger partial charge in [-0.05, 0) is 0 Å². The summed E-state index contributed by atoms with van der Waals surface area (Å²) in [5, 5.41) is 10.4. The average molecular weight is 241 g/mol. The molecule has 0 atom stereocenters. The van der Waals surface area contributed by atoms with Gasteiger partial charge in [0.1, 0.15) is 12.2 Å². The maximum absolute atomic E-state index is 11.7. The summed E-state index contributed by atoms with van der Waals surface area (Å²) in [4.78, 5) is 36.0. The van der Waals surface area contributed by atoms with Crippen molar-refractivity contribution in [3.63, 3.8) is 0 Å². The van der Waals surface area contributed by atoms with Gasteiger partial charge >= 0.3 is 5.97 Å². The number of carbonyl (C=O) groups is 2. The summed E-state index contributed by atoms with van der Waals surface area (Å²) in [6.45, 7) is -0.220. The first kappa shape index (κ1) is 12.7. The number of carbonyl (C=O) groups excluding carboxylic acids is 2. The van der Waals surface area contributed by atoms with Crippen LogP contribution in [0.25, 0.3) is 0 Å². The molecule has 17 heavy (non-hydrogen) atoms. The summed E-state index contributed by atoms with van der Waals surface area (Å²) < 4.78 is 4.40. The number of nitrogens with one attached hydrogen (secondary N) is 1. The number of ether oxygens (including phenoxy) is 1. The largest absolute Gasteiger partial charge is 0.468 e. The fourth-order valence-corrected chi connectivity index (χ4v) is 1.15. The Balaban J connectivity index is 2.74. The molecule has 1 N–H and O–H groups in total. The number of esters is 1. The number of rotatable bonds is 4. The normalized spacial score (nSPS) is 9.76. The highest BCUT2D eigenvalue weighted by molar-refractivity contribution is 5.94. The maximum atomic E-state index is 11.7. The molecular weight excluding hydrogens is 230 g/mol. The van der Waals surface area contributed by atoms with Crippen LogP contribution in [-0.4, -0.2) is 47.4 Å². The Kier molecular flexibility index (Phi) is 3.81. The van der Waals surface area contributed by atoms with Crippen LogP contribution in [0.1, 0.15) is 10.5 Å². The van der Waals surface area contributed by atoms with E-state index in [9.17, 15) is 19.7 Å². The molecule has 0 fully saturated rings. The molecule has 0 aliphatic heterocycles. The second-order valence-corrected chi connectivity index (χ2v) is 3.27. The topological polar surface area (TPSA) is 106 Å². The fraction of sp³-hybridized carbons (Fsp3) is 0.333. The first-order valence-corrected chi connectivity index (χ1v) is 4.60. The minimum Gasteiger partial charge on any atom is -0.468 e. The molecule has 1 rings (SSSR count). The SMILES string of the molecule is COC(=O)CN(C)C(=O)c1cc([N+](=O)[O-])c[nH]1. The second kappa shape index (κ2) is 5.10. The first-order valence-electron chi connectivity index (χ1n) is 4.60. The van der Waals surface area contributed by atoms with Crippen molar-refractivity contribution in [3.05, 3.63) is 28.1 Å². The van der Waals surface area contributed by atoms with Crippen molar-refractivity contribution in [1.29, 1.82) is 0 Å². The third-order valence-electron chi connectivity index (χ3n) is 2.05. The van der Waals surface area contributed by atoms with E-state index >= 15 is 0 Å². The smallest absolute Gasteiger partial charge is 0.325 e. The van der Waals surface area contributed by atoms with Crippen LogP contribution in [-0.2, 0) is 9.53 Å². The summed E-state index contributed by atoms with van der Waals surface area (Å²) in [5.74, 6) is -1.09. The predicted octanol–water partition coefficient (Wildman–Crippen LogP) is 0.168. The highest BCUT2D eigenvalue weighted by atomic mass is 16.6. The van der Waals surface area contributed by atoms with Crippen LogP contribution in [0.5, 0.6) is 0 Å². The summed E-state index contributed by atoms with van der Waals surface area (Å²) in [6, 6.07) is 1.11. The van der Waals surface area contributed by atoms with Crippen LogP contribution in [0.2, 0.25) is 0 Å². The molecule has 1 amide bonds. The highest BCUT2D eigenvalue weighted by Crippen LogP contribution is 2.13. The minimum absolute atomic E-state index is 0.0445. The number of likely N-dealkylation sites (N-methyl/N-ethyl adjacent to an activating group) is 1.